The van der Waals surface area contributed by atoms with E-state index in [2.05, 4.69) is 26.2 Å². The molecule has 3 N–H and O–H groups in total. The van der Waals surface area contributed by atoms with Crippen molar-refractivity contribution in [1.29, 1.82) is 0 Å². The lowest BCUT2D eigenvalue weighted by Crippen LogP contribution is -2.19. The molecule has 0 aliphatic carbocycles. The van der Waals surface area contributed by atoms with Gasteiger partial charge in [0.05, 0.1) is 26.6 Å². The van der Waals surface area contributed by atoms with Crippen LogP contribution in [0.2, 0.25) is 10.0 Å². The van der Waals surface area contributed by atoms with Crippen molar-refractivity contribution >= 4 is 83.8 Å². The van der Waals surface area contributed by atoms with Gasteiger partial charge < -0.3 is 14.8 Å². The molecule has 0 aromatic heterocycles. The number of halogens is 3. The second-order valence-corrected chi connectivity index (χ2v) is 12.1. The van der Waals surface area contributed by atoms with Gasteiger partial charge in [-0.3, -0.25) is 4.79 Å². The van der Waals surface area contributed by atoms with Gasteiger partial charge in [0.25, 0.3) is 5.91 Å². The highest BCUT2D eigenvalue weighted by molar-refractivity contribution is 9.10. The molecule has 0 spiro atoms. The molecular formula is C25H20BrCl2N3O5S2. The molecule has 0 bridgehead atoms. The van der Waals surface area contributed by atoms with Gasteiger partial charge in [0.15, 0.2) is 16.7 Å². The van der Waals surface area contributed by atoms with Gasteiger partial charge in [-0.25, -0.2) is 18.5 Å². The number of amidine groups is 1. The molecule has 0 unspecified atom stereocenters. The number of carbonyl (C=O) groups is 1. The summed E-state index contributed by atoms with van der Waals surface area (Å²) in [6.45, 7) is 2.46. The smallest absolute Gasteiger partial charge is 0.264 e. The quantitative estimate of drug-likeness (QED) is 0.276. The fourth-order valence-electron chi connectivity index (χ4n) is 3.32. The predicted octanol–water partition coefficient (Wildman–Crippen LogP) is 6.27. The third kappa shape index (κ3) is 7.10. The van der Waals surface area contributed by atoms with E-state index in [4.69, 9.17) is 37.8 Å². The van der Waals surface area contributed by atoms with Gasteiger partial charge in [0, 0.05) is 15.6 Å². The number of amides is 1. The molecule has 0 radical (unpaired) electrons. The molecule has 1 aliphatic heterocycles. The molecule has 1 saturated heterocycles. The third-order valence-corrected chi connectivity index (χ3v) is 8.08. The van der Waals surface area contributed by atoms with Crippen LogP contribution in [-0.2, 0) is 21.4 Å². The topological polar surface area (TPSA) is 120 Å². The minimum Gasteiger partial charge on any atom is -0.490 e. The first-order valence-corrected chi connectivity index (χ1v) is 14.9. The molecule has 3 aromatic rings. The zero-order valence-corrected chi connectivity index (χ0v) is 24.4. The van der Waals surface area contributed by atoms with Crippen LogP contribution < -0.4 is 19.9 Å². The Bertz CT molecular complexity index is 1560. The molecule has 1 fully saturated rings. The SMILES string of the molecule is CCOc1cc(C=C2SC(=Nc3ccc(S(N)(=O)=O)cc3)NC2=O)cc(Br)c1OCc1ccc(Cl)cc1Cl. The van der Waals surface area contributed by atoms with Crippen molar-refractivity contribution in [3.63, 3.8) is 0 Å². The van der Waals surface area contributed by atoms with Gasteiger partial charge in [-0.2, -0.15) is 0 Å². The Balaban J connectivity index is 1.54. The Morgan fingerprint density at radius 3 is 2.50 bits per heavy atom. The number of carbonyl (C=O) groups excluding carboxylic acids is 1. The van der Waals surface area contributed by atoms with E-state index in [-0.39, 0.29) is 17.4 Å². The largest absolute Gasteiger partial charge is 0.490 e. The second kappa shape index (κ2) is 12.1. The van der Waals surface area contributed by atoms with Gasteiger partial charge in [-0.1, -0.05) is 29.3 Å². The van der Waals surface area contributed by atoms with Crippen LogP contribution in [0.4, 0.5) is 5.69 Å². The van der Waals surface area contributed by atoms with Crippen molar-refractivity contribution < 1.29 is 22.7 Å². The first-order chi connectivity index (χ1) is 18.0. The van der Waals surface area contributed by atoms with Gasteiger partial charge in [-0.15, -0.1) is 0 Å². The number of benzene rings is 3. The summed E-state index contributed by atoms with van der Waals surface area (Å²) in [7, 11) is -3.80. The molecule has 8 nitrogen and oxygen atoms in total. The molecule has 4 rings (SSSR count). The maximum absolute atomic E-state index is 12.6. The number of nitrogens with two attached hydrogens (primary N) is 1. The summed E-state index contributed by atoms with van der Waals surface area (Å²) in [5.74, 6) is 0.668. The van der Waals surface area contributed by atoms with Gasteiger partial charge in [0.1, 0.15) is 6.61 Å². The monoisotopic (exact) mass is 655 g/mol. The number of ether oxygens (including phenoxy) is 2. The zero-order chi connectivity index (χ0) is 27.4. The van der Waals surface area contributed by atoms with Crippen LogP contribution in [0.15, 0.2) is 73.9 Å². The Labute approximate surface area is 242 Å². The number of primary sulfonamides is 1. The first-order valence-electron chi connectivity index (χ1n) is 11.0. The lowest BCUT2D eigenvalue weighted by Gasteiger charge is -2.15. The van der Waals surface area contributed by atoms with Crippen molar-refractivity contribution in [2.45, 2.75) is 18.4 Å². The fourth-order valence-corrected chi connectivity index (χ4v) is 5.72. The second-order valence-electron chi connectivity index (χ2n) is 7.81. The first kappa shape index (κ1) is 28.5. The van der Waals surface area contributed by atoms with E-state index in [1.807, 2.05) is 13.0 Å². The van der Waals surface area contributed by atoms with Crippen molar-refractivity contribution in [2.24, 2.45) is 10.1 Å². The number of aliphatic imine (C=N–C) groups is 1. The van der Waals surface area contributed by atoms with Crippen molar-refractivity contribution in [3.8, 4) is 11.5 Å². The molecule has 38 heavy (non-hydrogen) atoms. The Kier molecular flexibility index (Phi) is 9.07. The molecule has 3 aromatic carbocycles. The Morgan fingerprint density at radius 1 is 1.11 bits per heavy atom. The number of hydrogen-bond donors (Lipinski definition) is 2. The number of rotatable bonds is 8. The summed E-state index contributed by atoms with van der Waals surface area (Å²) >= 11 is 16.9. The number of nitrogens with zero attached hydrogens (tertiary/aromatic N) is 1. The summed E-state index contributed by atoms with van der Waals surface area (Å²) < 4.78 is 35.3. The third-order valence-electron chi connectivity index (χ3n) is 5.06. The van der Waals surface area contributed by atoms with E-state index in [1.165, 1.54) is 24.3 Å². The summed E-state index contributed by atoms with van der Waals surface area (Å²) in [6, 6.07) is 14.5. The van der Waals surface area contributed by atoms with Gasteiger partial charge in [-0.05, 0) is 94.8 Å². The van der Waals surface area contributed by atoms with E-state index in [9.17, 15) is 13.2 Å². The van der Waals surface area contributed by atoms with E-state index in [1.54, 1.807) is 30.3 Å². The molecule has 1 heterocycles. The molecule has 198 valence electrons. The predicted molar refractivity (Wildman–Crippen MR) is 155 cm³/mol. The van der Waals surface area contributed by atoms with E-state index < -0.39 is 10.0 Å². The Hall–Kier alpha value is -2.54. The van der Waals surface area contributed by atoms with Crippen LogP contribution in [0.25, 0.3) is 6.08 Å². The van der Waals surface area contributed by atoms with Gasteiger partial charge in [0.2, 0.25) is 10.0 Å². The minimum atomic E-state index is -3.80. The molecule has 1 aliphatic rings. The van der Waals surface area contributed by atoms with Crippen molar-refractivity contribution in [3.05, 3.63) is 85.1 Å². The summed E-state index contributed by atoms with van der Waals surface area (Å²) in [5, 5.41) is 9.21. The standard InChI is InChI=1S/C25H20BrCl2N3O5S2/c1-2-35-21-10-14(9-19(26)23(21)36-13-15-3-4-16(27)12-20(15)28)11-22-24(32)31-25(37-22)30-17-5-7-18(8-6-17)38(29,33)34/h3-12H,2,13H2,1H3,(H2,29,33,34)(H,30,31,32). The lowest BCUT2D eigenvalue weighted by molar-refractivity contribution is -0.115. The zero-order valence-electron chi connectivity index (χ0n) is 19.7. The summed E-state index contributed by atoms with van der Waals surface area (Å²) in [4.78, 5) is 17.3. The highest BCUT2D eigenvalue weighted by atomic mass is 79.9. The average molecular weight is 657 g/mol. The lowest BCUT2D eigenvalue weighted by atomic mass is 10.1. The number of thioether (sulfide) groups is 1. The van der Waals surface area contributed by atoms with Crippen molar-refractivity contribution in [2.75, 3.05) is 6.61 Å². The van der Waals surface area contributed by atoms with Crippen molar-refractivity contribution in [1.82, 2.24) is 5.32 Å². The van der Waals surface area contributed by atoms with E-state index in [0.29, 0.717) is 53.9 Å². The maximum atomic E-state index is 12.6. The number of sulfonamides is 1. The van der Waals surface area contributed by atoms with Crippen LogP contribution >= 0.6 is 50.9 Å². The van der Waals surface area contributed by atoms with Crippen LogP contribution in [0.3, 0.4) is 0 Å². The Morgan fingerprint density at radius 2 is 1.84 bits per heavy atom. The molecule has 0 atom stereocenters. The normalized spacial score (nSPS) is 15.7. The van der Waals surface area contributed by atoms with Crippen LogP contribution in [0.1, 0.15) is 18.1 Å². The average Bonchev–Trinajstić information content (AvgIpc) is 3.17. The maximum Gasteiger partial charge on any atom is 0.264 e. The van der Waals surface area contributed by atoms with Gasteiger partial charge >= 0.3 is 0 Å². The summed E-state index contributed by atoms with van der Waals surface area (Å²) in [6.07, 6.45) is 1.71. The van der Waals surface area contributed by atoms with Crippen LogP contribution in [0.5, 0.6) is 11.5 Å². The molecule has 0 saturated carbocycles. The van der Waals surface area contributed by atoms with E-state index >= 15 is 0 Å². The number of hydrogen-bond acceptors (Lipinski definition) is 7. The van der Waals surface area contributed by atoms with Crippen LogP contribution in [0, 0.1) is 0 Å². The fraction of sp³-hybridized carbons (Fsp3) is 0.120. The highest BCUT2D eigenvalue weighted by Gasteiger charge is 2.24. The highest BCUT2D eigenvalue weighted by Crippen LogP contribution is 2.39. The summed E-state index contributed by atoms with van der Waals surface area (Å²) in [5.41, 5.74) is 1.93. The van der Waals surface area contributed by atoms with Crippen LogP contribution in [-0.4, -0.2) is 26.1 Å². The van der Waals surface area contributed by atoms with E-state index in [0.717, 1.165) is 17.3 Å². The minimum absolute atomic E-state index is 0.0236. The molecular weight excluding hydrogens is 637 g/mol. The molecule has 13 heteroatoms. The molecule has 1 amide bonds. The number of nitrogens with one attached hydrogen (secondary N) is 1.